The molecule has 0 aromatic carbocycles. The first-order chi connectivity index (χ1) is 16.7. The number of nitrogen functional groups attached to an aromatic ring is 1. The molecule has 0 aliphatic carbocycles. The molecule has 3 atom stereocenters. The molecule has 0 unspecified atom stereocenters. The topological polar surface area (TPSA) is 251 Å². The van der Waals surface area contributed by atoms with Gasteiger partial charge >= 0.3 is 22.4 Å². The molecule has 2 fully saturated rings. The van der Waals surface area contributed by atoms with E-state index in [9.17, 15) is 42.4 Å². The fraction of sp³-hybridized carbons (Fsp3) is 0.529. The second-order valence-corrected chi connectivity index (χ2v) is 10.3. The number of ether oxygens (including phenoxy) is 1. The SMILES string of the molecule is CC(C)(O/N=C(/C(=O)N[C@@H]1C(=O)N(S(=O)(=O)O)[C@@H]1CN1C[C@@H](CO)OC1=O)c1csc(N)n1)C(=O)O. The minimum absolute atomic E-state index is 0.0316. The highest BCUT2D eigenvalue weighted by atomic mass is 32.2. The number of carbonyl (C=O) groups is 4. The summed E-state index contributed by atoms with van der Waals surface area (Å²) in [5.41, 5.74) is 3.03. The van der Waals surface area contributed by atoms with Crippen LogP contribution in [0.2, 0.25) is 0 Å². The number of carboxylic acid groups (broad SMARTS) is 1. The largest absolute Gasteiger partial charge is 0.478 e. The van der Waals surface area contributed by atoms with Crippen LogP contribution < -0.4 is 11.1 Å². The number of aromatic nitrogens is 1. The number of anilines is 1. The van der Waals surface area contributed by atoms with E-state index >= 15 is 0 Å². The number of carboxylic acids is 1. The van der Waals surface area contributed by atoms with Crippen LogP contribution in [0.15, 0.2) is 10.5 Å². The number of nitrogens with zero attached hydrogens (tertiary/aromatic N) is 4. The van der Waals surface area contributed by atoms with Crippen molar-refractivity contribution in [2.24, 2.45) is 5.16 Å². The summed E-state index contributed by atoms with van der Waals surface area (Å²) >= 11 is 0.925. The lowest BCUT2D eigenvalue weighted by Crippen LogP contribution is -2.74. The third kappa shape index (κ3) is 5.48. The predicted octanol–water partition coefficient (Wildman–Crippen LogP) is -2.38. The van der Waals surface area contributed by atoms with E-state index in [1.807, 2.05) is 0 Å². The molecular formula is C17H22N6O11S2. The molecule has 3 amide bonds. The molecule has 3 heterocycles. The first kappa shape index (κ1) is 27.0. The van der Waals surface area contributed by atoms with Crippen molar-refractivity contribution in [1.29, 1.82) is 0 Å². The van der Waals surface area contributed by atoms with E-state index in [0.29, 0.717) is 0 Å². The standard InChI is InChI=1S/C17H22N6O11S2/c1-17(2,14(27)28)34-21-10(8-6-35-15(18)19-8)12(25)20-11-9(23(13(11)26)36(30,31)32)4-22-3-7(5-24)33-16(22)29/h6-7,9,11,24H,3-5H2,1-2H3,(H2,18,19)(H,20,25)(H,27,28)(H,30,31,32)/b21-10+/t7-,9+,11-/m0/s1. The summed E-state index contributed by atoms with van der Waals surface area (Å²) in [6.07, 6.45) is -1.79. The van der Waals surface area contributed by atoms with Gasteiger partial charge in [-0.05, 0) is 13.8 Å². The maximum absolute atomic E-state index is 13.0. The van der Waals surface area contributed by atoms with Crippen LogP contribution in [0.1, 0.15) is 19.5 Å². The highest BCUT2D eigenvalue weighted by Crippen LogP contribution is 2.26. The summed E-state index contributed by atoms with van der Waals surface area (Å²) in [4.78, 5) is 58.7. The summed E-state index contributed by atoms with van der Waals surface area (Å²) in [6.45, 7) is 1.20. The number of thiazole rings is 1. The van der Waals surface area contributed by atoms with Gasteiger partial charge in [0.1, 0.15) is 17.8 Å². The Morgan fingerprint density at radius 2 is 2.08 bits per heavy atom. The van der Waals surface area contributed by atoms with Gasteiger partial charge < -0.3 is 35.7 Å². The van der Waals surface area contributed by atoms with E-state index in [1.54, 1.807) is 0 Å². The molecule has 2 saturated heterocycles. The number of hydrogen-bond donors (Lipinski definition) is 5. The molecule has 17 nitrogen and oxygen atoms in total. The van der Waals surface area contributed by atoms with Crippen LogP contribution in [-0.2, 0) is 34.3 Å². The van der Waals surface area contributed by atoms with Gasteiger partial charge in [0, 0.05) is 11.9 Å². The zero-order valence-electron chi connectivity index (χ0n) is 18.7. The number of carbonyl (C=O) groups excluding carboxylic acids is 3. The molecule has 36 heavy (non-hydrogen) atoms. The maximum Gasteiger partial charge on any atom is 0.410 e. The normalized spacial score (nSPS) is 22.8. The van der Waals surface area contributed by atoms with E-state index in [1.165, 1.54) is 5.38 Å². The van der Waals surface area contributed by atoms with Crippen LogP contribution in [0.3, 0.4) is 0 Å². The molecular weight excluding hydrogens is 528 g/mol. The second-order valence-electron chi connectivity index (χ2n) is 8.14. The highest BCUT2D eigenvalue weighted by molar-refractivity contribution is 7.84. The summed E-state index contributed by atoms with van der Waals surface area (Å²) in [5.74, 6) is -3.73. The van der Waals surface area contributed by atoms with Crippen molar-refractivity contribution in [3.8, 4) is 0 Å². The van der Waals surface area contributed by atoms with Gasteiger partial charge in [0.05, 0.1) is 19.2 Å². The van der Waals surface area contributed by atoms with Crippen LogP contribution in [0.4, 0.5) is 9.93 Å². The number of cyclic esters (lactones) is 1. The van der Waals surface area contributed by atoms with E-state index in [4.69, 9.17) is 15.3 Å². The Balaban J connectivity index is 1.86. The van der Waals surface area contributed by atoms with Gasteiger partial charge in [-0.2, -0.15) is 8.42 Å². The molecule has 0 spiro atoms. The molecule has 2 aliphatic rings. The van der Waals surface area contributed by atoms with Crippen molar-refractivity contribution in [3.63, 3.8) is 0 Å². The van der Waals surface area contributed by atoms with E-state index < -0.39 is 76.8 Å². The lowest BCUT2D eigenvalue weighted by molar-refractivity contribution is -0.161. The third-order valence-corrected chi connectivity index (χ3v) is 6.75. The van der Waals surface area contributed by atoms with E-state index in [-0.39, 0.29) is 21.7 Å². The van der Waals surface area contributed by atoms with Crippen LogP contribution >= 0.6 is 11.3 Å². The lowest BCUT2D eigenvalue weighted by Gasteiger charge is -2.45. The Bertz CT molecular complexity index is 1210. The fourth-order valence-corrected chi connectivity index (χ4v) is 4.61. The Morgan fingerprint density at radius 3 is 2.58 bits per heavy atom. The zero-order valence-corrected chi connectivity index (χ0v) is 20.4. The number of aliphatic hydroxyl groups excluding tert-OH is 1. The molecule has 0 bridgehead atoms. The number of oxime groups is 1. The molecule has 3 rings (SSSR count). The molecule has 1 aromatic rings. The number of rotatable bonds is 10. The zero-order chi connectivity index (χ0) is 27.0. The molecule has 2 aliphatic heterocycles. The quantitative estimate of drug-likeness (QED) is 0.0884. The molecule has 19 heteroatoms. The van der Waals surface area contributed by atoms with Gasteiger partial charge in [-0.15, -0.1) is 11.3 Å². The Labute approximate surface area is 207 Å². The molecule has 6 N–H and O–H groups in total. The van der Waals surface area contributed by atoms with Gasteiger partial charge in [-0.1, -0.05) is 5.16 Å². The summed E-state index contributed by atoms with van der Waals surface area (Å²) < 4.78 is 37.9. The van der Waals surface area contributed by atoms with Gasteiger partial charge in [-0.25, -0.2) is 18.9 Å². The van der Waals surface area contributed by atoms with Crippen molar-refractivity contribution < 1.29 is 51.9 Å². The maximum atomic E-state index is 13.0. The van der Waals surface area contributed by atoms with Gasteiger partial charge in [-0.3, -0.25) is 14.1 Å². The molecule has 0 saturated carbocycles. The van der Waals surface area contributed by atoms with Gasteiger partial charge in [0.2, 0.25) is 5.60 Å². The summed E-state index contributed by atoms with van der Waals surface area (Å²) in [5, 5.41) is 25.5. The third-order valence-electron chi connectivity index (χ3n) is 5.13. The Morgan fingerprint density at radius 1 is 1.42 bits per heavy atom. The average molecular weight is 551 g/mol. The average Bonchev–Trinajstić information content (AvgIpc) is 3.35. The number of aliphatic hydroxyl groups is 1. The first-order valence-corrected chi connectivity index (χ1v) is 12.3. The predicted molar refractivity (Wildman–Crippen MR) is 119 cm³/mol. The molecule has 198 valence electrons. The van der Waals surface area contributed by atoms with Crippen LogP contribution in [0, 0.1) is 0 Å². The van der Waals surface area contributed by atoms with Crippen molar-refractivity contribution in [2.75, 3.05) is 25.4 Å². The van der Waals surface area contributed by atoms with Crippen molar-refractivity contribution in [1.82, 2.24) is 19.5 Å². The lowest BCUT2D eigenvalue weighted by atomic mass is 9.97. The summed E-state index contributed by atoms with van der Waals surface area (Å²) in [7, 11) is -5.06. The number of aliphatic carboxylic acids is 1. The smallest absolute Gasteiger partial charge is 0.410 e. The highest BCUT2D eigenvalue weighted by Gasteiger charge is 2.55. The minimum atomic E-state index is -5.06. The van der Waals surface area contributed by atoms with Crippen molar-refractivity contribution >= 4 is 56.4 Å². The van der Waals surface area contributed by atoms with E-state index in [0.717, 1.165) is 30.1 Å². The Kier molecular flexibility index (Phi) is 7.39. The number of β-lactam (4-membered cyclic amide) rings is 1. The van der Waals surface area contributed by atoms with Crippen LogP contribution in [0.5, 0.6) is 0 Å². The summed E-state index contributed by atoms with van der Waals surface area (Å²) in [6, 6.07) is -3.01. The number of hydrogen-bond acceptors (Lipinski definition) is 13. The number of nitrogens with one attached hydrogen (secondary N) is 1. The second kappa shape index (κ2) is 9.84. The van der Waals surface area contributed by atoms with Crippen LogP contribution in [-0.4, -0.2) is 110 Å². The monoisotopic (exact) mass is 550 g/mol. The molecule has 1 aromatic heterocycles. The van der Waals surface area contributed by atoms with Crippen LogP contribution in [0.25, 0.3) is 0 Å². The number of nitrogens with two attached hydrogens (primary N) is 1. The van der Waals surface area contributed by atoms with Crippen molar-refractivity contribution in [3.05, 3.63) is 11.1 Å². The van der Waals surface area contributed by atoms with Gasteiger partial charge in [0.25, 0.3) is 11.8 Å². The first-order valence-electron chi connectivity index (χ1n) is 10.0. The molecule has 0 radical (unpaired) electrons. The number of amides is 3. The Hall–Kier alpha value is -3.55. The minimum Gasteiger partial charge on any atom is -0.478 e. The van der Waals surface area contributed by atoms with Crippen molar-refractivity contribution in [2.45, 2.75) is 37.6 Å². The van der Waals surface area contributed by atoms with E-state index in [2.05, 4.69) is 15.5 Å². The fourth-order valence-electron chi connectivity index (χ4n) is 3.19. The van der Waals surface area contributed by atoms with Gasteiger partial charge in [0.15, 0.2) is 10.8 Å².